The van der Waals surface area contributed by atoms with Gasteiger partial charge in [0.1, 0.15) is 0 Å². The molecule has 0 radical (unpaired) electrons. The van der Waals surface area contributed by atoms with Crippen molar-refractivity contribution < 1.29 is 9.59 Å². The molecule has 0 saturated heterocycles. The molecule has 2 amide bonds. The minimum Gasteiger partial charge on any atom is -0.331 e. The third-order valence-electron chi connectivity index (χ3n) is 6.49. The van der Waals surface area contributed by atoms with Crippen LogP contribution in [0.15, 0.2) is 41.8 Å². The largest absolute Gasteiger partial charge is 0.331 e. The zero-order chi connectivity index (χ0) is 23.4. The number of rotatable bonds is 6. The molecule has 0 aliphatic heterocycles. The maximum atomic E-state index is 13.4. The minimum atomic E-state index is -0.310. The van der Waals surface area contributed by atoms with Crippen LogP contribution < -0.4 is 5.32 Å². The van der Waals surface area contributed by atoms with E-state index in [1.807, 2.05) is 34.5 Å². The molecule has 2 aromatic heterocycles. The van der Waals surface area contributed by atoms with Gasteiger partial charge in [-0.2, -0.15) is 5.21 Å². The lowest BCUT2D eigenvalue weighted by atomic mass is 9.71. The van der Waals surface area contributed by atoms with Gasteiger partial charge in [0, 0.05) is 18.2 Å². The molecule has 1 fully saturated rings. The lowest BCUT2D eigenvalue weighted by Gasteiger charge is -2.41. The number of benzene rings is 1. The maximum absolute atomic E-state index is 13.4. The summed E-state index contributed by atoms with van der Waals surface area (Å²) in [4.78, 5) is 28.6. The highest BCUT2D eigenvalue weighted by molar-refractivity contribution is 7.12. The summed E-state index contributed by atoms with van der Waals surface area (Å²) in [6.45, 7) is 7.45. The molecular weight excluding hydrogens is 436 g/mol. The SMILES string of the molecule is CC(C)(C)C1CCC(N(Cc2ccc(C(=O)Nc3nn[nH]n3)cc2)C(=O)c2cccs2)CC1. The molecule has 1 aromatic carbocycles. The molecule has 0 spiro atoms. The van der Waals surface area contributed by atoms with E-state index in [-0.39, 0.29) is 23.8 Å². The fourth-order valence-electron chi connectivity index (χ4n) is 4.51. The summed E-state index contributed by atoms with van der Waals surface area (Å²) in [6, 6.07) is 11.4. The van der Waals surface area contributed by atoms with Gasteiger partial charge in [-0.3, -0.25) is 14.9 Å². The van der Waals surface area contributed by atoms with Crippen LogP contribution in [0.4, 0.5) is 5.95 Å². The average Bonchev–Trinajstić information content (AvgIpc) is 3.51. The third-order valence-corrected chi connectivity index (χ3v) is 7.35. The highest BCUT2D eigenvalue weighted by atomic mass is 32.1. The fraction of sp³-hybridized carbons (Fsp3) is 0.458. The van der Waals surface area contributed by atoms with Crippen molar-refractivity contribution in [1.82, 2.24) is 25.5 Å². The first-order valence-electron chi connectivity index (χ1n) is 11.3. The van der Waals surface area contributed by atoms with Crippen LogP contribution in [0.25, 0.3) is 0 Å². The molecular formula is C24H30N6O2S. The molecule has 1 saturated carbocycles. The van der Waals surface area contributed by atoms with Crippen LogP contribution >= 0.6 is 11.3 Å². The van der Waals surface area contributed by atoms with Gasteiger partial charge >= 0.3 is 0 Å². The van der Waals surface area contributed by atoms with Crippen molar-refractivity contribution in [2.24, 2.45) is 11.3 Å². The molecule has 9 heteroatoms. The van der Waals surface area contributed by atoms with Gasteiger partial charge in [-0.25, -0.2) is 0 Å². The van der Waals surface area contributed by atoms with Crippen LogP contribution in [-0.2, 0) is 6.54 Å². The van der Waals surface area contributed by atoms with E-state index in [0.29, 0.717) is 23.4 Å². The summed E-state index contributed by atoms with van der Waals surface area (Å²) in [6.07, 6.45) is 4.31. The van der Waals surface area contributed by atoms with E-state index in [1.54, 1.807) is 12.1 Å². The highest BCUT2D eigenvalue weighted by Crippen LogP contribution is 2.39. The number of carbonyl (C=O) groups excluding carboxylic acids is 2. The third kappa shape index (κ3) is 5.65. The molecule has 2 heterocycles. The molecule has 8 nitrogen and oxygen atoms in total. The van der Waals surface area contributed by atoms with E-state index < -0.39 is 0 Å². The van der Waals surface area contributed by atoms with E-state index in [0.717, 1.165) is 36.1 Å². The van der Waals surface area contributed by atoms with Crippen LogP contribution in [-0.4, -0.2) is 43.4 Å². The Kier molecular flexibility index (Phi) is 6.88. The van der Waals surface area contributed by atoms with Gasteiger partial charge < -0.3 is 4.90 Å². The van der Waals surface area contributed by atoms with E-state index in [9.17, 15) is 9.59 Å². The number of thiophene rings is 1. The lowest BCUT2D eigenvalue weighted by molar-refractivity contribution is 0.0535. The first kappa shape index (κ1) is 23.1. The minimum absolute atomic E-state index is 0.0862. The smallest absolute Gasteiger partial charge is 0.270 e. The average molecular weight is 467 g/mol. The Bertz CT molecular complexity index is 1050. The monoisotopic (exact) mass is 466 g/mol. The summed E-state index contributed by atoms with van der Waals surface area (Å²) in [5, 5.41) is 17.7. The first-order valence-corrected chi connectivity index (χ1v) is 12.2. The topological polar surface area (TPSA) is 104 Å². The van der Waals surface area contributed by atoms with Gasteiger partial charge in [0.25, 0.3) is 17.8 Å². The number of aromatic nitrogens is 4. The normalized spacial score (nSPS) is 18.6. The molecule has 1 aliphatic carbocycles. The number of amides is 2. The lowest BCUT2D eigenvalue weighted by Crippen LogP contribution is -2.42. The van der Waals surface area contributed by atoms with Crippen molar-refractivity contribution in [3.8, 4) is 0 Å². The van der Waals surface area contributed by atoms with Crippen LogP contribution in [0.1, 0.15) is 72.0 Å². The van der Waals surface area contributed by atoms with Crippen LogP contribution in [0, 0.1) is 11.3 Å². The standard InChI is InChI=1S/C24H30N6O2S/c1-24(2,3)18-10-12-19(13-11-18)30(22(32)20-5-4-14-33-20)15-16-6-8-17(9-7-16)21(31)25-23-26-28-29-27-23/h4-9,14,18-19H,10-13,15H2,1-3H3,(H2,25,26,27,28,29,31). The van der Waals surface area contributed by atoms with Crippen molar-refractivity contribution in [2.45, 2.75) is 59.0 Å². The summed E-state index contributed by atoms with van der Waals surface area (Å²) in [5.74, 6) is 0.588. The number of tetrazole rings is 1. The van der Waals surface area contributed by atoms with Gasteiger partial charge in [-0.15, -0.1) is 16.4 Å². The molecule has 4 rings (SSSR count). The van der Waals surface area contributed by atoms with Gasteiger partial charge in [-0.05, 0) is 71.4 Å². The zero-order valence-corrected chi connectivity index (χ0v) is 20.1. The summed E-state index contributed by atoms with van der Waals surface area (Å²) in [5.41, 5.74) is 1.78. The number of nitrogens with zero attached hydrogens (tertiary/aromatic N) is 4. The van der Waals surface area contributed by atoms with Gasteiger partial charge in [0.2, 0.25) is 0 Å². The Morgan fingerprint density at radius 3 is 2.42 bits per heavy atom. The Labute approximate surface area is 197 Å². The van der Waals surface area contributed by atoms with Crippen molar-refractivity contribution in [3.63, 3.8) is 0 Å². The number of nitrogens with one attached hydrogen (secondary N) is 2. The Balaban J connectivity index is 1.47. The maximum Gasteiger partial charge on any atom is 0.270 e. The van der Waals surface area contributed by atoms with Crippen LogP contribution in [0.2, 0.25) is 0 Å². The summed E-state index contributed by atoms with van der Waals surface area (Å²) in [7, 11) is 0. The van der Waals surface area contributed by atoms with E-state index in [2.05, 4.69) is 46.7 Å². The molecule has 0 atom stereocenters. The molecule has 3 aromatic rings. The zero-order valence-electron chi connectivity index (χ0n) is 19.2. The van der Waals surface area contributed by atoms with E-state index in [4.69, 9.17) is 0 Å². The molecule has 0 unspecified atom stereocenters. The predicted octanol–water partition coefficient (Wildman–Crippen LogP) is 4.76. The highest BCUT2D eigenvalue weighted by Gasteiger charge is 2.34. The van der Waals surface area contributed by atoms with Crippen LogP contribution in [0.3, 0.4) is 0 Å². The second-order valence-corrected chi connectivity index (χ2v) is 10.6. The second kappa shape index (κ2) is 9.82. The first-order chi connectivity index (χ1) is 15.8. The van der Waals surface area contributed by atoms with E-state index >= 15 is 0 Å². The van der Waals surface area contributed by atoms with Gasteiger partial charge in [0.15, 0.2) is 0 Å². The molecule has 174 valence electrons. The van der Waals surface area contributed by atoms with Crippen molar-refractivity contribution in [1.29, 1.82) is 0 Å². The Morgan fingerprint density at radius 1 is 1.12 bits per heavy atom. The molecule has 1 aliphatic rings. The number of hydrogen-bond acceptors (Lipinski definition) is 6. The number of H-pyrrole nitrogens is 1. The van der Waals surface area contributed by atoms with E-state index in [1.165, 1.54) is 11.3 Å². The number of anilines is 1. The van der Waals surface area contributed by atoms with Crippen molar-refractivity contribution in [3.05, 3.63) is 57.8 Å². The number of carbonyl (C=O) groups is 2. The van der Waals surface area contributed by atoms with Gasteiger partial charge in [0.05, 0.1) is 4.88 Å². The number of hydrogen-bond donors (Lipinski definition) is 2. The Hall–Kier alpha value is -3.07. The second-order valence-electron chi connectivity index (χ2n) is 9.67. The molecule has 33 heavy (non-hydrogen) atoms. The van der Waals surface area contributed by atoms with Crippen molar-refractivity contribution >= 4 is 29.1 Å². The summed E-state index contributed by atoms with van der Waals surface area (Å²) < 4.78 is 0. The van der Waals surface area contributed by atoms with Crippen molar-refractivity contribution in [2.75, 3.05) is 5.32 Å². The van der Waals surface area contributed by atoms with Crippen LogP contribution in [0.5, 0.6) is 0 Å². The quantitative estimate of drug-likeness (QED) is 0.545. The number of aromatic amines is 1. The Morgan fingerprint density at radius 2 is 1.85 bits per heavy atom. The summed E-state index contributed by atoms with van der Waals surface area (Å²) >= 11 is 1.48. The predicted molar refractivity (Wildman–Crippen MR) is 128 cm³/mol. The molecule has 2 N–H and O–H groups in total. The van der Waals surface area contributed by atoms with Gasteiger partial charge in [-0.1, -0.05) is 44.1 Å². The fourth-order valence-corrected chi connectivity index (χ4v) is 5.19. The molecule has 0 bridgehead atoms.